The van der Waals surface area contributed by atoms with Gasteiger partial charge in [-0.3, -0.25) is 0 Å². The number of ether oxygens (including phenoxy) is 2. The predicted octanol–water partition coefficient (Wildman–Crippen LogP) is 2.34. The van der Waals surface area contributed by atoms with Crippen LogP contribution in [-0.2, 0) is 11.3 Å². The van der Waals surface area contributed by atoms with Gasteiger partial charge in [-0.1, -0.05) is 22.8 Å². The van der Waals surface area contributed by atoms with E-state index in [1.165, 1.54) is 0 Å². The molecule has 1 atom stereocenters. The van der Waals surface area contributed by atoms with E-state index in [-0.39, 0.29) is 6.61 Å². The van der Waals surface area contributed by atoms with E-state index < -0.39 is 6.04 Å². The first-order valence-corrected chi connectivity index (χ1v) is 6.61. The lowest BCUT2D eigenvalue weighted by Gasteiger charge is -2.05. The van der Waals surface area contributed by atoms with E-state index in [0.717, 1.165) is 0 Å². The minimum atomic E-state index is -0.404. The second-order valence-corrected chi connectivity index (χ2v) is 4.49. The SMILES string of the molecule is CCOCC(N)c1noc(COc2cccc(Cl)c2)n1. The van der Waals surface area contributed by atoms with Crippen molar-refractivity contribution in [2.45, 2.75) is 19.6 Å². The first-order valence-electron chi connectivity index (χ1n) is 6.23. The van der Waals surface area contributed by atoms with Gasteiger partial charge in [0, 0.05) is 11.6 Å². The summed E-state index contributed by atoms with van der Waals surface area (Å²) in [6.45, 7) is 3.00. The van der Waals surface area contributed by atoms with Crippen LogP contribution in [0.3, 0.4) is 0 Å². The number of nitrogens with two attached hydrogens (primary N) is 1. The van der Waals surface area contributed by atoms with Crippen LogP contribution in [0.4, 0.5) is 0 Å². The van der Waals surface area contributed by atoms with Crippen molar-refractivity contribution >= 4 is 11.6 Å². The Hall–Kier alpha value is -1.63. The van der Waals surface area contributed by atoms with Crippen LogP contribution < -0.4 is 10.5 Å². The molecule has 0 fully saturated rings. The lowest BCUT2D eigenvalue weighted by Crippen LogP contribution is -2.18. The smallest absolute Gasteiger partial charge is 0.264 e. The number of nitrogens with zero attached hydrogens (tertiary/aromatic N) is 2. The van der Waals surface area contributed by atoms with Crippen LogP contribution in [0.1, 0.15) is 24.7 Å². The number of hydrogen-bond donors (Lipinski definition) is 1. The van der Waals surface area contributed by atoms with Crippen LogP contribution >= 0.6 is 11.6 Å². The number of benzene rings is 1. The summed E-state index contributed by atoms with van der Waals surface area (Å²) < 4.78 is 15.8. The molecule has 2 N–H and O–H groups in total. The highest BCUT2D eigenvalue weighted by atomic mass is 35.5. The Labute approximate surface area is 121 Å². The van der Waals surface area contributed by atoms with Gasteiger partial charge in [0.15, 0.2) is 12.4 Å². The van der Waals surface area contributed by atoms with E-state index in [9.17, 15) is 0 Å². The van der Waals surface area contributed by atoms with Crippen LogP contribution in [0.5, 0.6) is 5.75 Å². The molecule has 0 aliphatic carbocycles. The average Bonchev–Trinajstić information content (AvgIpc) is 2.91. The molecule has 0 amide bonds. The second kappa shape index (κ2) is 7.23. The van der Waals surface area contributed by atoms with Gasteiger partial charge in [-0.2, -0.15) is 4.98 Å². The van der Waals surface area contributed by atoms with Crippen molar-refractivity contribution in [3.05, 3.63) is 41.0 Å². The summed E-state index contributed by atoms with van der Waals surface area (Å²) in [7, 11) is 0. The molecule has 20 heavy (non-hydrogen) atoms. The lowest BCUT2D eigenvalue weighted by atomic mass is 10.3. The van der Waals surface area contributed by atoms with Crippen LogP contribution in [0.25, 0.3) is 0 Å². The molecule has 7 heteroatoms. The normalized spacial score (nSPS) is 12.3. The maximum Gasteiger partial charge on any atom is 0.264 e. The zero-order valence-electron chi connectivity index (χ0n) is 11.1. The van der Waals surface area contributed by atoms with Gasteiger partial charge in [0.1, 0.15) is 5.75 Å². The van der Waals surface area contributed by atoms with Crippen LogP contribution in [0.2, 0.25) is 5.02 Å². The summed E-state index contributed by atoms with van der Waals surface area (Å²) in [5, 5.41) is 4.41. The summed E-state index contributed by atoms with van der Waals surface area (Å²) in [5.74, 6) is 1.39. The van der Waals surface area contributed by atoms with Gasteiger partial charge in [0.05, 0.1) is 12.6 Å². The lowest BCUT2D eigenvalue weighted by molar-refractivity contribution is 0.130. The fourth-order valence-corrected chi connectivity index (χ4v) is 1.68. The van der Waals surface area contributed by atoms with Crippen molar-refractivity contribution in [3.8, 4) is 5.75 Å². The molecule has 1 aromatic carbocycles. The molecule has 0 bridgehead atoms. The molecule has 108 valence electrons. The Morgan fingerprint density at radius 2 is 2.30 bits per heavy atom. The molecule has 0 radical (unpaired) electrons. The van der Waals surface area contributed by atoms with E-state index in [1.807, 2.05) is 6.92 Å². The molecule has 1 heterocycles. The molecular formula is C13H16ClN3O3. The molecule has 0 aliphatic heterocycles. The minimum Gasteiger partial charge on any atom is -0.484 e. The van der Waals surface area contributed by atoms with E-state index >= 15 is 0 Å². The minimum absolute atomic E-state index is 0.161. The highest BCUT2D eigenvalue weighted by Crippen LogP contribution is 2.18. The van der Waals surface area contributed by atoms with Crippen molar-refractivity contribution in [2.75, 3.05) is 13.2 Å². The summed E-state index contributed by atoms with van der Waals surface area (Å²) in [5.41, 5.74) is 5.85. The predicted molar refractivity (Wildman–Crippen MR) is 73.5 cm³/mol. The third kappa shape index (κ3) is 4.19. The molecule has 1 aromatic heterocycles. The van der Waals surface area contributed by atoms with Gasteiger partial charge in [-0.05, 0) is 25.1 Å². The first-order chi connectivity index (χ1) is 9.69. The number of rotatable bonds is 7. The van der Waals surface area contributed by atoms with Gasteiger partial charge in [-0.15, -0.1) is 0 Å². The van der Waals surface area contributed by atoms with E-state index in [0.29, 0.717) is 35.7 Å². The molecular weight excluding hydrogens is 282 g/mol. The van der Waals surface area contributed by atoms with E-state index in [2.05, 4.69) is 10.1 Å². The Bertz CT molecular complexity index is 547. The van der Waals surface area contributed by atoms with Crippen molar-refractivity contribution in [3.63, 3.8) is 0 Å². The molecule has 0 aliphatic rings. The van der Waals surface area contributed by atoms with Crippen LogP contribution in [0, 0.1) is 0 Å². The average molecular weight is 298 g/mol. The zero-order valence-corrected chi connectivity index (χ0v) is 11.8. The molecule has 2 aromatic rings. The summed E-state index contributed by atoms with van der Waals surface area (Å²) in [6.07, 6.45) is 0. The Morgan fingerprint density at radius 3 is 3.05 bits per heavy atom. The highest BCUT2D eigenvalue weighted by molar-refractivity contribution is 6.30. The van der Waals surface area contributed by atoms with Crippen molar-refractivity contribution in [1.82, 2.24) is 10.1 Å². The Kier molecular flexibility index (Phi) is 5.34. The first kappa shape index (κ1) is 14.8. The third-order valence-electron chi connectivity index (χ3n) is 2.48. The quantitative estimate of drug-likeness (QED) is 0.844. The summed E-state index contributed by atoms with van der Waals surface area (Å²) in [6, 6.07) is 6.67. The molecule has 6 nitrogen and oxygen atoms in total. The standard InChI is InChI=1S/C13H16ClN3O3/c1-2-18-7-11(15)13-16-12(20-17-13)8-19-10-5-3-4-9(14)6-10/h3-6,11H,2,7-8,15H2,1H3. The van der Waals surface area contributed by atoms with E-state index in [1.54, 1.807) is 24.3 Å². The third-order valence-corrected chi connectivity index (χ3v) is 2.71. The maximum absolute atomic E-state index is 5.86. The number of halogens is 1. The molecule has 0 spiro atoms. The van der Waals surface area contributed by atoms with E-state index in [4.69, 9.17) is 31.3 Å². The van der Waals surface area contributed by atoms with Gasteiger partial charge in [0.25, 0.3) is 5.89 Å². The van der Waals surface area contributed by atoms with Crippen LogP contribution in [0.15, 0.2) is 28.8 Å². The summed E-state index contributed by atoms with van der Waals surface area (Å²) >= 11 is 5.86. The highest BCUT2D eigenvalue weighted by Gasteiger charge is 2.14. The molecule has 1 unspecified atom stereocenters. The van der Waals surface area contributed by atoms with Crippen molar-refractivity contribution < 1.29 is 14.0 Å². The Balaban J connectivity index is 1.89. The van der Waals surface area contributed by atoms with Gasteiger partial charge in [-0.25, -0.2) is 0 Å². The zero-order chi connectivity index (χ0) is 14.4. The second-order valence-electron chi connectivity index (χ2n) is 4.06. The largest absolute Gasteiger partial charge is 0.484 e. The van der Waals surface area contributed by atoms with Crippen LogP contribution in [-0.4, -0.2) is 23.4 Å². The van der Waals surface area contributed by atoms with Crippen molar-refractivity contribution in [1.29, 1.82) is 0 Å². The number of aromatic nitrogens is 2. The maximum atomic E-state index is 5.86. The fraction of sp³-hybridized carbons (Fsp3) is 0.385. The molecule has 0 saturated heterocycles. The topological polar surface area (TPSA) is 83.4 Å². The Morgan fingerprint density at radius 1 is 1.45 bits per heavy atom. The van der Waals surface area contributed by atoms with Gasteiger partial charge in [0.2, 0.25) is 0 Å². The monoisotopic (exact) mass is 297 g/mol. The molecule has 0 saturated carbocycles. The van der Waals surface area contributed by atoms with Gasteiger partial charge >= 0.3 is 0 Å². The van der Waals surface area contributed by atoms with Crippen molar-refractivity contribution in [2.24, 2.45) is 5.73 Å². The molecule has 2 rings (SSSR count). The fourth-order valence-electron chi connectivity index (χ4n) is 1.50. The number of hydrogen-bond acceptors (Lipinski definition) is 6. The summed E-state index contributed by atoms with van der Waals surface area (Å²) in [4.78, 5) is 4.16. The van der Waals surface area contributed by atoms with Gasteiger partial charge < -0.3 is 19.7 Å².